The summed E-state index contributed by atoms with van der Waals surface area (Å²) in [6.07, 6.45) is 3.45. The van der Waals surface area contributed by atoms with E-state index in [-0.39, 0.29) is 24.4 Å². The smallest absolute Gasteiger partial charge is 0.337 e. The Morgan fingerprint density at radius 3 is 2.47 bits per heavy atom. The van der Waals surface area contributed by atoms with Crippen LogP contribution >= 0.6 is 0 Å². The number of fused-ring (bicyclic) bond motifs is 3. The fourth-order valence-corrected chi connectivity index (χ4v) is 6.89. The Labute approximate surface area is 224 Å². The van der Waals surface area contributed by atoms with Gasteiger partial charge in [-0.2, -0.15) is 0 Å². The summed E-state index contributed by atoms with van der Waals surface area (Å²) in [7, 11) is 1.37. The van der Waals surface area contributed by atoms with E-state index >= 15 is 0 Å². The number of hydrogen-bond donors (Lipinski definition) is 0. The lowest BCUT2D eigenvalue weighted by Gasteiger charge is -2.48. The van der Waals surface area contributed by atoms with Gasteiger partial charge in [0.25, 0.3) is 0 Å². The van der Waals surface area contributed by atoms with E-state index in [9.17, 15) is 14.4 Å². The third-order valence-electron chi connectivity index (χ3n) is 8.94. The molecule has 2 atom stereocenters. The van der Waals surface area contributed by atoms with Gasteiger partial charge in [0.1, 0.15) is 6.04 Å². The monoisotopic (exact) mass is 513 g/mol. The number of esters is 1. The molecular weight excluding hydrogens is 478 g/mol. The van der Waals surface area contributed by atoms with Gasteiger partial charge in [0, 0.05) is 13.0 Å². The summed E-state index contributed by atoms with van der Waals surface area (Å²) in [6.45, 7) is 6.16. The average molecular weight is 514 g/mol. The quantitative estimate of drug-likeness (QED) is 0.571. The van der Waals surface area contributed by atoms with Crippen molar-refractivity contribution in [3.63, 3.8) is 0 Å². The zero-order valence-electron chi connectivity index (χ0n) is 22.2. The fourth-order valence-electron chi connectivity index (χ4n) is 6.89. The summed E-state index contributed by atoms with van der Waals surface area (Å²) < 4.78 is 4.87. The van der Waals surface area contributed by atoms with E-state index < -0.39 is 12.0 Å². The molecular formula is C31H35N3O4. The van der Waals surface area contributed by atoms with Crippen LogP contribution in [0.2, 0.25) is 0 Å². The van der Waals surface area contributed by atoms with Crippen molar-refractivity contribution in [2.75, 3.05) is 39.8 Å². The number of piperidine rings is 1. The van der Waals surface area contributed by atoms with E-state index in [1.165, 1.54) is 29.4 Å². The lowest BCUT2D eigenvalue weighted by atomic mass is 9.82. The highest BCUT2D eigenvalue weighted by Crippen LogP contribution is 2.49. The van der Waals surface area contributed by atoms with Gasteiger partial charge in [-0.15, -0.1) is 0 Å². The maximum Gasteiger partial charge on any atom is 0.337 e. The number of benzene rings is 2. The molecule has 0 radical (unpaired) electrons. The number of carbonyl (C=O) groups is 3. The van der Waals surface area contributed by atoms with Crippen LogP contribution in [-0.2, 0) is 20.7 Å². The van der Waals surface area contributed by atoms with Gasteiger partial charge in [-0.1, -0.05) is 43.3 Å². The molecule has 38 heavy (non-hydrogen) atoms. The average Bonchev–Trinajstić information content (AvgIpc) is 3.33. The molecule has 0 bridgehead atoms. The standard InChI is InChI=1S/C31H35N3O4/c1-3-32-14-12-20(13-15-32)18-33-19-28(35)34-27(30(33)36)17-25-24-7-5-4-6-23(24)16-26(25)29(34)21-8-10-22(11-9-21)31(37)38-2/h4-11,20,27,29H,3,12-19H2,1-2H3. The number of piperazine rings is 1. The first-order valence-corrected chi connectivity index (χ1v) is 13.8. The van der Waals surface area contributed by atoms with E-state index in [2.05, 4.69) is 24.0 Å². The first-order chi connectivity index (χ1) is 18.5. The van der Waals surface area contributed by atoms with E-state index in [1.807, 2.05) is 34.1 Å². The van der Waals surface area contributed by atoms with Crippen LogP contribution in [0.5, 0.6) is 0 Å². The molecule has 2 unspecified atom stereocenters. The highest BCUT2D eigenvalue weighted by Gasteiger charge is 2.49. The Morgan fingerprint density at radius 2 is 1.76 bits per heavy atom. The Hall–Kier alpha value is -3.45. The number of amides is 2. The number of carbonyl (C=O) groups excluding carboxylic acids is 3. The Bertz CT molecular complexity index is 1290. The number of ether oxygens (including phenoxy) is 1. The zero-order valence-corrected chi connectivity index (χ0v) is 22.2. The van der Waals surface area contributed by atoms with Crippen LogP contribution < -0.4 is 0 Å². The van der Waals surface area contributed by atoms with Crippen LogP contribution in [0.15, 0.2) is 54.1 Å². The van der Waals surface area contributed by atoms with Crippen molar-refractivity contribution in [2.24, 2.45) is 5.92 Å². The summed E-state index contributed by atoms with van der Waals surface area (Å²) in [5, 5.41) is 0. The van der Waals surface area contributed by atoms with E-state index in [0.717, 1.165) is 44.5 Å². The molecule has 0 N–H and O–H groups in total. The summed E-state index contributed by atoms with van der Waals surface area (Å²) in [5.41, 5.74) is 6.21. The third-order valence-corrected chi connectivity index (χ3v) is 8.94. The molecule has 2 aromatic carbocycles. The van der Waals surface area contributed by atoms with Crippen molar-refractivity contribution in [1.82, 2.24) is 14.7 Å². The Balaban J connectivity index is 1.33. The van der Waals surface area contributed by atoms with Crippen molar-refractivity contribution in [3.8, 4) is 0 Å². The van der Waals surface area contributed by atoms with Gasteiger partial charge in [-0.05, 0) is 84.8 Å². The minimum atomic E-state index is -0.512. The van der Waals surface area contributed by atoms with Crippen molar-refractivity contribution < 1.29 is 19.1 Å². The van der Waals surface area contributed by atoms with Crippen LogP contribution in [0, 0.1) is 5.92 Å². The predicted octanol–water partition coefficient (Wildman–Crippen LogP) is 3.70. The van der Waals surface area contributed by atoms with Crippen molar-refractivity contribution in [1.29, 1.82) is 0 Å². The van der Waals surface area contributed by atoms with Crippen LogP contribution in [0.1, 0.15) is 59.3 Å². The van der Waals surface area contributed by atoms with E-state index in [1.54, 1.807) is 12.1 Å². The molecule has 198 valence electrons. The second-order valence-electron chi connectivity index (χ2n) is 11.0. The maximum atomic E-state index is 14.0. The van der Waals surface area contributed by atoms with Crippen LogP contribution in [0.3, 0.4) is 0 Å². The number of nitrogens with zero attached hydrogens (tertiary/aromatic N) is 3. The zero-order chi connectivity index (χ0) is 26.4. The molecule has 6 rings (SSSR count). The molecule has 0 aromatic heterocycles. The second kappa shape index (κ2) is 10.0. The molecule has 7 nitrogen and oxygen atoms in total. The van der Waals surface area contributed by atoms with Gasteiger partial charge >= 0.3 is 5.97 Å². The van der Waals surface area contributed by atoms with E-state index in [0.29, 0.717) is 24.4 Å². The van der Waals surface area contributed by atoms with Crippen molar-refractivity contribution in [2.45, 2.75) is 44.7 Å². The fraction of sp³-hybridized carbons (Fsp3) is 0.452. The topological polar surface area (TPSA) is 70.2 Å². The Kier molecular flexibility index (Phi) is 6.56. The lowest BCUT2D eigenvalue weighted by Crippen LogP contribution is -2.62. The minimum Gasteiger partial charge on any atom is -0.465 e. The molecule has 3 aliphatic heterocycles. The Morgan fingerprint density at radius 1 is 1.03 bits per heavy atom. The number of methoxy groups -OCH3 is 1. The van der Waals surface area contributed by atoms with Crippen LogP contribution in [0.25, 0.3) is 5.57 Å². The van der Waals surface area contributed by atoms with Gasteiger partial charge in [-0.3, -0.25) is 9.59 Å². The molecule has 2 amide bonds. The minimum absolute atomic E-state index is 0.00476. The maximum absolute atomic E-state index is 14.0. The summed E-state index contributed by atoms with van der Waals surface area (Å²) in [5.74, 6) is 0.115. The number of likely N-dealkylation sites (tertiary alicyclic amines) is 1. The largest absolute Gasteiger partial charge is 0.465 e. The van der Waals surface area contributed by atoms with E-state index in [4.69, 9.17) is 4.74 Å². The van der Waals surface area contributed by atoms with Crippen molar-refractivity contribution >= 4 is 23.4 Å². The van der Waals surface area contributed by atoms with Gasteiger partial charge in [0.05, 0.1) is 25.3 Å². The van der Waals surface area contributed by atoms with Gasteiger partial charge in [0.15, 0.2) is 0 Å². The molecule has 7 heteroatoms. The first-order valence-electron chi connectivity index (χ1n) is 13.8. The highest BCUT2D eigenvalue weighted by molar-refractivity contribution is 5.98. The molecule has 2 fully saturated rings. The summed E-state index contributed by atoms with van der Waals surface area (Å²) >= 11 is 0. The molecule has 3 heterocycles. The first kappa shape index (κ1) is 24.9. The summed E-state index contributed by atoms with van der Waals surface area (Å²) in [6, 6.07) is 14.8. The van der Waals surface area contributed by atoms with Crippen LogP contribution in [-0.4, -0.2) is 78.4 Å². The molecule has 0 spiro atoms. The summed E-state index contributed by atoms with van der Waals surface area (Å²) in [4.78, 5) is 46.0. The SMILES string of the molecule is CCN1CCC(CN2CC(=O)N3C(CC4=C(Cc5ccccc54)C3c3ccc(C(=O)OC)cc3)C2=O)CC1. The molecule has 0 saturated carbocycles. The molecule has 4 aliphatic rings. The predicted molar refractivity (Wildman–Crippen MR) is 144 cm³/mol. The normalized spacial score (nSPS) is 23.8. The lowest BCUT2D eigenvalue weighted by molar-refractivity contribution is -0.159. The van der Waals surface area contributed by atoms with Crippen LogP contribution in [0.4, 0.5) is 0 Å². The van der Waals surface area contributed by atoms with Crippen molar-refractivity contribution in [3.05, 3.63) is 76.4 Å². The van der Waals surface area contributed by atoms with Gasteiger partial charge in [-0.25, -0.2) is 4.79 Å². The molecule has 1 aliphatic carbocycles. The molecule has 2 aromatic rings. The highest BCUT2D eigenvalue weighted by atomic mass is 16.5. The van der Waals surface area contributed by atoms with Gasteiger partial charge in [0.2, 0.25) is 11.8 Å². The number of hydrogen-bond acceptors (Lipinski definition) is 5. The third kappa shape index (κ3) is 4.23. The number of rotatable bonds is 5. The molecule has 2 saturated heterocycles. The second-order valence-corrected chi connectivity index (χ2v) is 11.0. The van der Waals surface area contributed by atoms with Gasteiger partial charge < -0.3 is 19.4 Å².